The number of anilines is 1. The van der Waals surface area contributed by atoms with E-state index in [4.69, 9.17) is 0 Å². The Morgan fingerprint density at radius 3 is 2.67 bits per heavy atom. The highest BCUT2D eigenvalue weighted by atomic mass is 79.9. The molecule has 96 valence electrons. The van der Waals surface area contributed by atoms with E-state index in [1.54, 1.807) is 31.3 Å². The molecule has 0 saturated carbocycles. The second-order valence-electron chi connectivity index (χ2n) is 3.72. The van der Waals surface area contributed by atoms with Crippen LogP contribution in [0.4, 0.5) is 5.69 Å². The zero-order valence-corrected chi connectivity index (χ0v) is 13.0. The van der Waals surface area contributed by atoms with Crippen molar-refractivity contribution in [1.29, 1.82) is 0 Å². The number of aromatic nitrogens is 1. The smallest absolute Gasteiger partial charge is 0.263 e. The lowest BCUT2D eigenvalue weighted by molar-refractivity contribution is 0.601. The van der Waals surface area contributed by atoms with Crippen molar-refractivity contribution in [1.82, 2.24) is 4.98 Å². The van der Waals surface area contributed by atoms with E-state index in [1.807, 2.05) is 6.92 Å². The maximum absolute atomic E-state index is 12.2. The van der Waals surface area contributed by atoms with Crippen LogP contribution < -0.4 is 4.72 Å². The summed E-state index contributed by atoms with van der Waals surface area (Å²) < 4.78 is 27.5. The summed E-state index contributed by atoms with van der Waals surface area (Å²) in [6, 6.07) is 5.00. The van der Waals surface area contributed by atoms with Crippen molar-refractivity contribution < 1.29 is 8.42 Å². The number of sulfonamides is 1. The van der Waals surface area contributed by atoms with E-state index in [1.165, 1.54) is 11.3 Å². The van der Waals surface area contributed by atoms with Crippen LogP contribution in [0.1, 0.15) is 9.75 Å². The van der Waals surface area contributed by atoms with Crippen LogP contribution >= 0.6 is 27.3 Å². The van der Waals surface area contributed by atoms with Crippen molar-refractivity contribution >= 4 is 43.0 Å². The number of hydrogen-bond donors (Lipinski definition) is 1. The molecule has 0 unspecified atom stereocenters. The summed E-state index contributed by atoms with van der Waals surface area (Å²) in [5.74, 6) is 0. The molecule has 0 aliphatic heterocycles. The van der Waals surface area contributed by atoms with Crippen molar-refractivity contribution in [3.8, 4) is 0 Å². The Balaban J connectivity index is 2.40. The van der Waals surface area contributed by atoms with Gasteiger partial charge in [-0.15, -0.1) is 11.3 Å². The SMILES string of the molecule is Cc1cc(S(=O)(=O)Nc2cccnc2Br)c(C)s1. The Morgan fingerprint density at radius 2 is 2.11 bits per heavy atom. The van der Waals surface area contributed by atoms with Gasteiger partial charge in [0.15, 0.2) is 0 Å². The van der Waals surface area contributed by atoms with Gasteiger partial charge in [-0.1, -0.05) is 0 Å². The molecule has 2 rings (SSSR count). The van der Waals surface area contributed by atoms with Gasteiger partial charge < -0.3 is 0 Å². The van der Waals surface area contributed by atoms with Gasteiger partial charge in [0.2, 0.25) is 0 Å². The lowest BCUT2D eigenvalue weighted by atomic mass is 10.4. The number of hydrogen-bond acceptors (Lipinski definition) is 4. The molecule has 2 aromatic heterocycles. The maximum atomic E-state index is 12.2. The van der Waals surface area contributed by atoms with E-state index in [2.05, 4.69) is 25.6 Å². The standard InChI is InChI=1S/C11H11BrN2O2S2/c1-7-6-10(8(2)17-7)18(15,16)14-9-4-3-5-13-11(9)12/h3-6,14H,1-2H3. The van der Waals surface area contributed by atoms with Gasteiger partial charge in [-0.25, -0.2) is 13.4 Å². The molecule has 7 heteroatoms. The Hall–Kier alpha value is -0.920. The first kappa shape index (κ1) is 13.5. The normalized spacial score (nSPS) is 11.5. The van der Waals surface area contributed by atoms with E-state index in [0.29, 0.717) is 15.2 Å². The third-order valence-corrected chi connectivity index (χ3v) is 5.51. The predicted octanol–water partition coefficient (Wildman–Crippen LogP) is 3.32. The predicted molar refractivity (Wildman–Crippen MR) is 76.5 cm³/mol. The summed E-state index contributed by atoms with van der Waals surface area (Å²) in [7, 11) is -3.56. The Morgan fingerprint density at radius 1 is 1.39 bits per heavy atom. The number of pyridine rings is 1. The molecular formula is C11H11BrN2O2S2. The van der Waals surface area contributed by atoms with Crippen LogP contribution in [0.25, 0.3) is 0 Å². The zero-order chi connectivity index (χ0) is 13.3. The summed E-state index contributed by atoms with van der Waals surface area (Å²) in [4.78, 5) is 6.05. The highest BCUT2D eigenvalue weighted by Gasteiger charge is 2.20. The van der Waals surface area contributed by atoms with Gasteiger partial charge in [-0.05, 0) is 48.0 Å². The van der Waals surface area contributed by atoms with Gasteiger partial charge in [0.25, 0.3) is 10.0 Å². The lowest BCUT2D eigenvalue weighted by Gasteiger charge is -2.08. The molecule has 0 fully saturated rings. The Bertz CT molecular complexity index is 680. The number of thiophene rings is 1. The lowest BCUT2D eigenvalue weighted by Crippen LogP contribution is -2.13. The molecule has 0 aliphatic rings. The fourth-order valence-corrected chi connectivity index (χ4v) is 4.64. The fourth-order valence-electron chi connectivity index (χ4n) is 1.54. The van der Waals surface area contributed by atoms with Crippen LogP contribution in [-0.2, 0) is 10.0 Å². The minimum absolute atomic E-state index is 0.320. The molecule has 0 saturated heterocycles. The van der Waals surface area contributed by atoms with Crippen molar-refractivity contribution in [3.05, 3.63) is 38.8 Å². The van der Waals surface area contributed by atoms with Gasteiger partial charge >= 0.3 is 0 Å². The van der Waals surface area contributed by atoms with Crippen LogP contribution in [0.15, 0.2) is 33.9 Å². The minimum Gasteiger partial charge on any atom is -0.277 e. The quantitative estimate of drug-likeness (QED) is 0.867. The summed E-state index contributed by atoms with van der Waals surface area (Å²) in [5, 5.41) is 0. The molecule has 4 nitrogen and oxygen atoms in total. The average molecular weight is 347 g/mol. The molecule has 0 atom stereocenters. The first-order valence-electron chi connectivity index (χ1n) is 5.10. The van der Waals surface area contributed by atoms with E-state index in [9.17, 15) is 8.42 Å². The minimum atomic E-state index is -3.56. The molecule has 2 heterocycles. The van der Waals surface area contributed by atoms with Crippen LogP contribution in [0.2, 0.25) is 0 Å². The summed E-state index contributed by atoms with van der Waals surface area (Å²) in [6.07, 6.45) is 1.59. The monoisotopic (exact) mass is 346 g/mol. The molecule has 0 amide bonds. The highest BCUT2D eigenvalue weighted by Crippen LogP contribution is 2.28. The van der Waals surface area contributed by atoms with E-state index < -0.39 is 10.0 Å². The third kappa shape index (κ3) is 2.73. The van der Waals surface area contributed by atoms with E-state index >= 15 is 0 Å². The van der Waals surface area contributed by atoms with Crippen LogP contribution in [0.5, 0.6) is 0 Å². The number of halogens is 1. The Kier molecular flexibility index (Phi) is 3.74. The number of nitrogens with zero attached hydrogens (tertiary/aromatic N) is 1. The molecular weight excluding hydrogens is 336 g/mol. The molecule has 0 spiro atoms. The van der Waals surface area contributed by atoms with Gasteiger partial charge in [-0.3, -0.25) is 4.72 Å². The molecule has 0 bridgehead atoms. The molecule has 18 heavy (non-hydrogen) atoms. The summed E-state index contributed by atoms with van der Waals surface area (Å²) >= 11 is 4.67. The second kappa shape index (κ2) is 4.99. The summed E-state index contributed by atoms with van der Waals surface area (Å²) in [6.45, 7) is 3.68. The van der Waals surface area contributed by atoms with Crippen molar-refractivity contribution in [2.24, 2.45) is 0 Å². The van der Waals surface area contributed by atoms with E-state index in [-0.39, 0.29) is 0 Å². The van der Waals surface area contributed by atoms with Crippen molar-refractivity contribution in [2.45, 2.75) is 18.7 Å². The third-order valence-electron chi connectivity index (χ3n) is 2.29. The number of nitrogens with one attached hydrogen (secondary N) is 1. The van der Waals surface area contributed by atoms with E-state index in [0.717, 1.165) is 9.75 Å². The first-order chi connectivity index (χ1) is 8.40. The van der Waals surface area contributed by atoms with Crippen LogP contribution in [0.3, 0.4) is 0 Å². The molecule has 2 aromatic rings. The number of rotatable bonds is 3. The molecule has 1 N–H and O–H groups in total. The fraction of sp³-hybridized carbons (Fsp3) is 0.182. The molecule has 0 aliphatic carbocycles. The van der Waals surface area contributed by atoms with Gasteiger partial charge in [0.1, 0.15) is 9.50 Å². The zero-order valence-electron chi connectivity index (χ0n) is 9.77. The largest absolute Gasteiger partial charge is 0.277 e. The van der Waals surface area contributed by atoms with Gasteiger partial charge in [0, 0.05) is 16.0 Å². The van der Waals surface area contributed by atoms with Crippen molar-refractivity contribution in [3.63, 3.8) is 0 Å². The van der Waals surface area contributed by atoms with Crippen molar-refractivity contribution in [2.75, 3.05) is 4.72 Å². The van der Waals surface area contributed by atoms with Crippen LogP contribution in [-0.4, -0.2) is 13.4 Å². The molecule has 0 aromatic carbocycles. The summed E-state index contributed by atoms with van der Waals surface area (Å²) in [5.41, 5.74) is 0.431. The Labute approximate surface area is 118 Å². The van der Waals surface area contributed by atoms with Crippen LogP contribution in [0, 0.1) is 13.8 Å². The number of aryl methyl sites for hydroxylation is 2. The second-order valence-corrected chi connectivity index (χ2v) is 7.59. The maximum Gasteiger partial charge on any atom is 0.263 e. The van der Waals surface area contributed by atoms with Gasteiger partial charge in [-0.2, -0.15) is 0 Å². The van der Waals surface area contributed by atoms with Gasteiger partial charge in [0.05, 0.1) is 5.69 Å². The molecule has 0 radical (unpaired) electrons. The average Bonchev–Trinajstić information content (AvgIpc) is 2.62. The first-order valence-corrected chi connectivity index (χ1v) is 8.20. The topological polar surface area (TPSA) is 59.1 Å². The highest BCUT2D eigenvalue weighted by molar-refractivity contribution is 9.10.